The van der Waals surface area contributed by atoms with Crippen LogP contribution in [0.4, 0.5) is 11.4 Å². The maximum atomic E-state index is 13.2. The van der Waals surface area contributed by atoms with Gasteiger partial charge in [-0.2, -0.15) is 0 Å². The minimum atomic E-state index is -0.643. The second-order valence-electron chi connectivity index (χ2n) is 6.84. The standard InChI is InChI=1S/C21H16N2O3.2ClH/c24-16-12-11-15-17-18(19(16)22(15)13-7-3-1-4-8-13)21(26)23(20(17)25)14-9-5-2-6-10-14;;/h1-12,15,17-19H;2*1H. The number of rotatable bonds is 2. The van der Waals surface area contributed by atoms with Crippen molar-refractivity contribution in [3.63, 3.8) is 0 Å². The van der Waals surface area contributed by atoms with Crippen molar-refractivity contribution in [3.05, 3.63) is 72.8 Å². The van der Waals surface area contributed by atoms with Crippen molar-refractivity contribution in [1.82, 2.24) is 0 Å². The van der Waals surface area contributed by atoms with Gasteiger partial charge >= 0.3 is 0 Å². The minimum Gasteiger partial charge on any atom is -0.353 e. The number of hydrogen-bond donors (Lipinski definition) is 0. The molecule has 2 bridgehead atoms. The molecule has 0 radical (unpaired) electrons. The van der Waals surface area contributed by atoms with Crippen LogP contribution in [0.3, 0.4) is 0 Å². The Labute approximate surface area is 174 Å². The molecule has 3 aliphatic rings. The highest BCUT2D eigenvalue weighted by Crippen LogP contribution is 2.48. The molecule has 2 aromatic rings. The molecule has 2 aromatic carbocycles. The number of halogens is 2. The number of imide groups is 1. The van der Waals surface area contributed by atoms with Gasteiger partial charge in [-0.05, 0) is 30.3 Å². The van der Waals surface area contributed by atoms with Gasteiger partial charge in [0.25, 0.3) is 0 Å². The van der Waals surface area contributed by atoms with E-state index in [0.717, 1.165) is 5.69 Å². The van der Waals surface area contributed by atoms with E-state index in [0.29, 0.717) is 5.69 Å². The topological polar surface area (TPSA) is 57.7 Å². The molecule has 4 atom stereocenters. The Morgan fingerprint density at radius 2 is 1.21 bits per heavy atom. The van der Waals surface area contributed by atoms with E-state index in [2.05, 4.69) is 0 Å². The van der Waals surface area contributed by atoms with Gasteiger partial charge in [-0.15, -0.1) is 24.8 Å². The lowest BCUT2D eigenvalue weighted by Gasteiger charge is -2.35. The first-order valence-electron chi connectivity index (χ1n) is 8.67. The van der Waals surface area contributed by atoms with Gasteiger partial charge < -0.3 is 4.90 Å². The molecule has 2 saturated heterocycles. The van der Waals surface area contributed by atoms with Crippen LogP contribution in [0.25, 0.3) is 0 Å². The number of amides is 2. The third-order valence-corrected chi connectivity index (χ3v) is 5.54. The average molecular weight is 417 g/mol. The quantitative estimate of drug-likeness (QED) is 0.705. The summed E-state index contributed by atoms with van der Waals surface area (Å²) in [7, 11) is 0. The van der Waals surface area contributed by atoms with E-state index in [-0.39, 0.29) is 48.5 Å². The molecule has 3 aliphatic heterocycles. The van der Waals surface area contributed by atoms with E-state index >= 15 is 0 Å². The summed E-state index contributed by atoms with van der Waals surface area (Å²) in [6.07, 6.45) is 3.30. The smallest absolute Gasteiger partial charge is 0.240 e. The fourth-order valence-electron chi connectivity index (χ4n) is 4.52. The van der Waals surface area contributed by atoms with Gasteiger partial charge in [0.2, 0.25) is 11.8 Å². The van der Waals surface area contributed by atoms with Crippen molar-refractivity contribution in [2.75, 3.05) is 9.80 Å². The molecule has 0 aliphatic carbocycles. The van der Waals surface area contributed by atoms with Crippen LogP contribution in [0.15, 0.2) is 72.8 Å². The molecule has 0 N–H and O–H groups in total. The van der Waals surface area contributed by atoms with Crippen LogP contribution in [0.5, 0.6) is 0 Å². The number of ketones is 1. The number of anilines is 2. The summed E-state index contributed by atoms with van der Waals surface area (Å²) in [6, 6.07) is 17.6. The maximum Gasteiger partial charge on any atom is 0.240 e. The van der Waals surface area contributed by atoms with E-state index in [1.165, 1.54) is 11.0 Å². The van der Waals surface area contributed by atoms with Gasteiger partial charge in [-0.1, -0.05) is 42.5 Å². The zero-order valence-corrected chi connectivity index (χ0v) is 16.3. The number of para-hydroxylation sites is 2. The summed E-state index contributed by atoms with van der Waals surface area (Å²) >= 11 is 0. The Balaban J connectivity index is 0.00000112. The fourth-order valence-corrected chi connectivity index (χ4v) is 4.52. The van der Waals surface area contributed by atoms with Gasteiger partial charge in [-0.3, -0.25) is 14.4 Å². The highest BCUT2D eigenvalue weighted by molar-refractivity contribution is 6.25. The van der Waals surface area contributed by atoms with E-state index in [1.807, 2.05) is 41.3 Å². The monoisotopic (exact) mass is 416 g/mol. The lowest BCUT2D eigenvalue weighted by Crippen LogP contribution is -2.49. The van der Waals surface area contributed by atoms with E-state index < -0.39 is 17.9 Å². The van der Waals surface area contributed by atoms with E-state index in [9.17, 15) is 14.4 Å². The summed E-state index contributed by atoms with van der Waals surface area (Å²) < 4.78 is 0. The Morgan fingerprint density at radius 3 is 1.82 bits per heavy atom. The summed E-state index contributed by atoms with van der Waals surface area (Å²) in [5.41, 5.74) is 1.43. The molecule has 3 heterocycles. The van der Waals surface area contributed by atoms with Gasteiger partial charge in [0.05, 0.1) is 23.6 Å². The van der Waals surface area contributed by atoms with Crippen LogP contribution in [-0.2, 0) is 14.4 Å². The van der Waals surface area contributed by atoms with Crippen LogP contribution < -0.4 is 9.80 Å². The highest BCUT2D eigenvalue weighted by atomic mass is 35.5. The van der Waals surface area contributed by atoms with Gasteiger partial charge in [0.1, 0.15) is 6.04 Å². The average Bonchev–Trinajstić information content (AvgIpc) is 3.09. The third-order valence-electron chi connectivity index (χ3n) is 5.54. The fraction of sp³-hybridized carbons (Fsp3) is 0.190. The first-order chi connectivity index (χ1) is 12.7. The Bertz CT molecular complexity index is 949. The van der Waals surface area contributed by atoms with Gasteiger partial charge in [-0.25, -0.2) is 4.90 Å². The molecule has 144 valence electrons. The molecule has 28 heavy (non-hydrogen) atoms. The Hall–Kier alpha value is -2.63. The summed E-state index contributed by atoms with van der Waals surface area (Å²) in [5.74, 6) is -1.80. The van der Waals surface area contributed by atoms with Crippen molar-refractivity contribution in [1.29, 1.82) is 0 Å². The predicted molar refractivity (Wildman–Crippen MR) is 111 cm³/mol. The number of nitrogens with zero attached hydrogens (tertiary/aromatic N) is 2. The van der Waals surface area contributed by atoms with E-state index in [1.54, 1.807) is 30.3 Å². The molecule has 0 aromatic heterocycles. The van der Waals surface area contributed by atoms with Crippen molar-refractivity contribution in [2.24, 2.45) is 11.8 Å². The number of carbonyl (C=O) groups excluding carboxylic acids is 3. The molecule has 0 spiro atoms. The summed E-state index contributed by atoms with van der Waals surface area (Å²) in [5, 5.41) is 0. The summed E-state index contributed by atoms with van der Waals surface area (Å²) in [4.78, 5) is 42.2. The van der Waals surface area contributed by atoms with Gasteiger partial charge in [0.15, 0.2) is 5.78 Å². The maximum absolute atomic E-state index is 13.2. The second-order valence-corrected chi connectivity index (χ2v) is 6.84. The first-order valence-corrected chi connectivity index (χ1v) is 8.67. The molecule has 2 fully saturated rings. The molecule has 0 saturated carbocycles. The molecular weight excluding hydrogens is 399 g/mol. The zero-order valence-electron chi connectivity index (χ0n) is 14.7. The lowest BCUT2D eigenvalue weighted by molar-refractivity contribution is -0.125. The van der Waals surface area contributed by atoms with Crippen LogP contribution >= 0.6 is 24.8 Å². The van der Waals surface area contributed by atoms with Crippen LogP contribution in [0.2, 0.25) is 0 Å². The van der Waals surface area contributed by atoms with Crippen LogP contribution in [0, 0.1) is 11.8 Å². The van der Waals surface area contributed by atoms with Crippen molar-refractivity contribution in [2.45, 2.75) is 12.1 Å². The molecule has 4 unspecified atom stereocenters. The molecule has 7 heteroatoms. The third kappa shape index (κ3) is 2.65. The normalized spacial score (nSPS) is 27.4. The highest BCUT2D eigenvalue weighted by Gasteiger charge is 2.64. The van der Waals surface area contributed by atoms with Crippen molar-refractivity contribution >= 4 is 53.8 Å². The number of hydrogen-bond acceptors (Lipinski definition) is 4. The van der Waals surface area contributed by atoms with Crippen molar-refractivity contribution < 1.29 is 14.4 Å². The number of fused-ring (bicyclic) bond motifs is 5. The second kappa shape index (κ2) is 7.41. The predicted octanol–water partition coefficient (Wildman–Crippen LogP) is 3.03. The minimum absolute atomic E-state index is 0. The first kappa shape index (κ1) is 20.1. The zero-order chi connectivity index (χ0) is 17.8. The number of carbonyl (C=O) groups is 3. The lowest BCUT2D eigenvalue weighted by atomic mass is 9.90. The molecule has 2 amide bonds. The molecule has 5 nitrogen and oxygen atoms in total. The largest absolute Gasteiger partial charge is 0.353 e. The number of benzene rings is 2. The van der Waals surface area contributed by atoms with Gasteiger partial charge in [0, 0.05) is 5.69 Å². The van der Waals surface area contributed by atoms with Crippen molar-refractivity contribution in [3.8, 4) is 0 Å². The van der Waals surface area contributed by atoms with Crippen LogP contribution in [-0.4, -0.2) is 29.7 Å². The summed E-state index contributed by atoms with van der Waals surface area (Å²) in [6.45, 7) is 0. The Kier molecular flexibility index (Phi) is 5.33. The van der Waals surface area contributed by atoms with Crippen LogP contribution in [0.1, 0.15) is 0 Å². The van der Waals surface area contributed by atoms with E-state index in [4.69, 9.17) is 0 Å². The molecular formula is C21H18Cl2N2O3. The SMILES string of the molecule is Cl.Cl.O=C1C=CC2C3C(=O)N(c4ccccc4)C(=O)C3C1N2c1ccccc1. The molecule has 5 rings (SSSR count). The Morgan fingerprint density at radius 1 is 0.679 bits per heavy atom.